The minimum absolute atomic E-state index is 0.192. The number of aromatic nitrogens is 7. The maximum Gasteiger partial charge on any atom is 0.322 e. The zero-order valence-corrected chi connectivity index (χ0v) is 11.8. The molecule has 0 spiro atoms. The molecule has 0 bridgehead atoms. The molecule has 0 amide bonds. The van der Waals surface area contributed by atoms with Gasteiger partial charge >= 0.3 is 6.01 Å². The first-order valence-corrected chi connectivity index (χ1v) is 6.79. The number of hydrogen-bond acceptors (Lipinski definition) is 10. The number of nitrogens with zero attached hydrogens (tertiary/aromatic N) is 6. The zero-order chi connectivity index (χ0) is 14.7. The fourth-order valence-electron chi connectivity index (χ4n) is 1.55. The van der Waals surface area contributed by atoms with Gasteiger partial charge in [0.2, 0.25) is 11.1 Å². The number of H-pyrrole nitrogens is 1. The second-order valence-electron chi connectivity index (χ2n) is 3.68. The molecule has 0 saturated carbocycles. The van der Waals surface area contributed by atoms with E-state index in [-0.39, 0.29) is 12.0 Å². The summed E-state index contributed by atoms with van der Waals surface area (Å²) >= 11 is 1.23. The third kappa shape index (κ3) is 2.83. The van der Waals surface area contributed by atoms with Gasteiger partial charge in [0.15, 0.2) is 5.65 Å². The Hall–Kier alpha value is -2.53. The van der Waals surface area contributed by atoms with Gasteiger partial charge in [-0.3, -0.25) is 5.43 Å². The van der Waals surface area contributed by atoms with E-state index in [1.807, 2.05) is 6.92 Å². The first-order valence-electron chi connectivity index (χ1n) is 5.97. The lowest BCUT2D eigenvalue weighted by Gasteiger charge is -2.06. The molecule has 0 unspecified atom stereocenters. The topological polar surface area (TPSA) is 140 Å². The molecule has 0 aliphatic heterocycles. The quantitative estimate of drug-likeness (QED) is 0.344. The Morgan fingerprint density at radius 3 is 3.00 bits per heavy atom. The summed E-state index contributed by atoms with van der Waals surface area (Å²) in [6.07, 6.45) is 2.98. The van der Waals surface area contributed by atoms with E-state index in [0.29, 0.717) is 28.0 Å². The number of aromatic amines is 1. The fraction of sp³-hybridized carbons (Fsp3) is 0.200. The smallest absolute Gasteiger partial charge is 0.322 e. The van der Waals surface area contributed by atoms with Gasteiger partial charge in [-0.25, -0.2) is 20.8 Å². The Kier molecular flexibility index (Phi) is 3.75. The molecule has 0 radical (unpaired) electrons. The summed E-state index contributed by atoms with van der Waals surface area (Å²) in [5.41, 5.74) is 3.66. The van der Waals surface area contributed by atoms with E-state index in [2.05, 4.69) is 40.3 Å². The summed E-state index contributed by atoms with van der Waals surface area (Å²) < 4.78 is 5.28. The Bertz CT molecular complexity index is 761. The molecule has 3 aromatic heterocycles. The standard InChI is InChI=1S/C10H11N9OS/c1-2-20-9-16-8(19-11)17-10(18-9)21-7-5-6(13-3-12-5)14-4-15-7/h3-4H,2,11H2,1H3,(H,12,13,14,15)(H,16,17,18,19). The molecule has 4 N–H and O–H groups in total. The van der Waals surface area contributed by atoms with Gasteiger partial charge in [0, 0.05) is 0 Å². The number of hydrogen-bond donors (Lipinski definition) is 3. The van der Waals surface area contributed by atoms with E-state index in [1.165, 1.54) is 18.1 Å². The van der Waals surface area contributed by atoms with Gasteiger partial charge in [-0.05, 0) is 18.7 Å². The number of hydrazine groups is 1. The normalized spacial score (nSPS) is 10.8. The van der Waals surface area contributed by atoms with Gasteiger partial charge in [0.05, 0.1) is 12.9 Å². The van der Waals surface area contributed by atoms with Gasteiger partial charge in [-0.1, -0.05) is 0 Å². The lowest BCUT2D eigenvalue weighted by Crippen LogP contribution is -2.12. The van der Waals surface area contributed by atoms with Crippen molar-refractivity contribution < 1.29 is 4.74 Å². The van der Waals surface area contributed by atoms with Crippen LogP contribution in [-0.2, 0) is 0 Å². The number of nitrogens with one attached hydrogen (secondary N) is 2. The maximum atomic E-state index is 5.34. The van der Waals surface area contributed by atoms with Crippen LogP contribution in [0.15, 0.2) is 22.8 Å². The highest BCUT2D eigenvalue weighted by atomic mass is 32.2. The van der Waals surface area contributed by atoms with Crippen molar-refractivity contribution in [2.75, 3.05) is 12.0 Å². The van der Waals surface area contributed by atoms with Crippen LogP contribution in [0.25, 0.3) is 11.2 Å². The molecule has 0 aliphatic rings. The largest absolute Gasteiger partial charge is 0.464 e. The van der Waals surface area contributed by atoms with Crippen molar-refractivity contribution >= 4 is 28.9 Å². The van der Waals surface area contributed by atoms with Crippen molar-refractivity contribution in [3.05, 3.63) is 12.7 Å². The van der Waals surface area contributed by atoms with Gasteiger partial charge in [0.25, 0.3) is 0 Å². The van der Waals surface area contributed by atoms with E-state index in [0.717, 1.165) is 0 Å². The molecule has 3 rings (SSSR count). The van der Waals surface area contributed by atoms with Gasteiger partial charge in [-0.15, -0.1) is 0 Å². The fourth-order valence-corrected chi connectivity index (χ4v) is 2.33. The van der Waals surface area contributed by atoms with Crippen LogP contribution in [0.1, 0.15) is 6.92 Å². The van der Waals surface area contributed by atoms with Gasteiger partial charge in [-0.2, -0.15) is 15.0 Å². The number of nitrogens with two attached hydrogens (primary N) is 1. The lowest BCUT2D eigenvalue weighted by atomic mass is 10.6. The number of ether oxygens (including phenoxy) is 1. The number of imidazole rings is 1. The zero-order valence-electron chi connectivity index (χ0n) is 10.9. The van der Waals surface area contributed by atoms with Gasteiger partial charge in [0.1, 0.15) is 16.9 Å². The molecule has 0 fully saturated rings. The summed E-state index contributed by atoms with van der Waals surface area (Å²) in [6.45, 7) is 2.28. The highest BCUT2D eigenvalue weighted by Gasteiger charge is 2.12. The van der Waals surface area contributed by atoms with Crippen LogP contribution in [0.4, 0.5) is 5.95 Å². The third-order valence-corrected chi connectivity index (χ3v) is 3.24. The SMILES string of the molecule is CCOc1nc(NN)nc(Sc2ncnc3nc[nH]c23)n1. The maximum absolute atomic E-state index is 5.34. The van der Waals surface area contributed by atoms with E-state index < -0.39 is 0 Å². The average molecular weight is 305 g/mol. The van der Waals surface area contributed by atoms with E-state index in [1.54, 1.807) is 6.33 Å². The number of anilines is 1. The van der Waals surface area contributed by atoms with E-state index >= 15 is 0 Å². The van der Waals surface area contributed by atoms with E-state index in [9.17, 15) is 0 Å². The number of rotatable bonds is 5. The Morgan fingerprint density at radius 2 is 2.19 bits per heavy atom. The van der Waals surface area contributed by atoms with Crippen molar-refractivity contribution in [3.63, 3.8) is 0 Å². The molecule has 21 heavy (non-hydrogen) atoms. The molecular weight excluding hydrogens is 294 g/mol. The molecule has 108 valence electrons. The number of fused-ring (bicyclic) bond motifs is 1. The first kappa shape index (κ1) is 13.5. The molecule has 0 aliphatic carbocycles. The molecular formula is C10H11N9OS. The van der Waals surface area contributed by atoms with Crippen molar-refractivity contribution in [2.24, 2.45) is 5.84 Å². The highest BCUT2D eigenvalue weighted by molar-refractivity contribution is 7.99. The summed E-state index contributed by atoms with van der Waals surface area (Å²) in [5.74, 6) is 5.56. The van der Waals surface area contributed by atoms with Crippen molar-refractivity contribution in [1.29, 1.82) is 0 Å². The van der Waals surface area contributed by atoms with Crippen LogP contribution < -0.4 is 16.0 Å². The van der Waals surface area contributed by atoms with Crippen molar-refractivity contribution in [3.8, 4) is 6.01 Å². The van der Waals surface area contributed by atoms with Crippen molar-refractivity contribution in [2.45, 2.75) is 17.1 Å². The van der Waals surface area contributed by atoms with E-state index in [4.69, 9.17) is 10.6 Å². The summed E-state index contributed by atoms with van der Waals surface area (Å²) in [5, 5.41) is 1.05. The monoisotopic (exact) mass is 305 g/mol. The molecule has 3 aromatic rings. The lowest BCUT2D eigenvalue weighted by molar-refractivity contribution is 0.308. The molecule has 0 atom stereocenters. The van der Waals surface area contributed by atoms with Crippen LogP contribution in [-0.4, -0.2) is 41.5 Å². The van der Waals surface area contributed by atoms with Gasteiger partial charge < -0.3 is 9.72 Å². The third-order valence-electron chi connectivity index (χ3n) is 2.37. The van der Waals surface area contributed by atoms with Crippen molar-refractivity contribution in [1.82, 2.24) is 34.9 Å². The highest BCUT2D eigenvalue weighted by Crippen LogP contribution is 2.28. The summed E-state index contributed by atoms with van der Waals surface area (Å²) in [6, 6.07) is 0.192. The Labute approximate surface area is 123 Å². The average Bonchev–Trinajstić information content (AvgIpc) is 2.97. The Morgan fingerprint density at radius 1 is 1.29 bits per heavy atom. The molecule has 3 heterocycles. The summed E-state index contributed by atoms with van der Waals surface area (Å²) in [4.78, 5) is 27.6. The molecule has 11 heteroatoms. The molecule has 10 nitrogen and oxygen atoms in total. The molecule has 0 aromatic carbocycles. The van der Waals surface area contributed by atoms with Crippen LogP contribution in [0.3, 0.4) is 0 Å². The minimum atomic E-state index is 0.192. The predicted octanol–water partition coefficient (Wildman–Crippen LogP) is 0.373. The second kappa shape index (κ2) is 5.85. The molecule has 0 saturated heterocycles. The Balaban J connectivity index is 1.97. The summed E-state index contributed by atoms with van der Waals surface area (Å²) in [7, 11) is 0. The first-order chi connectivity index (χ1) is 10.3. The van der Waals surface area contributed by atoms with Crippen LogP contribution in [0, 0.1) is 0 Å². The van der Waals surface area contributed by atoms with Crippen LogP contribution >= 0.6 is 11.8 Å². The second-order valence-corrected chi connectivity index (χ2v) is 4.64. The number of nitrogen functional groups attached to an aromatic ring is 1. The van der Waals surface area contributed by atoms with Crippen LogP contribution in [0.5, 0.6) is 6.01 Å². The van der Waals surface area contributed by atoms with Crippen LogP contribution in [0.2, 0.25) is 0 Å². The minimum Gasteiger partial charge on any atom is -0.464 e. The predicted molar refractivity (Wildman–Crippen MR) is 74.6 cm³/mol.